The van der Waals surface area contributed by atoms with Crippen molar-refractivity contribution in [2.24, 2.45) is 0 Å². The van der Waals surface area contributed by atoms with Gasteiger partial charge in [0.25, 0.3) is 0 Å². The minimum atomic E-state index is 0.297. The van der Waals surface area contributed by atoms with Crippen LogP contribution in [0, 0.1) is 6.92 Å². The van der Waals surface area contributed by atoms with E-state index in [-0.39, 0.29) is 0 Å². The first-order valence-electron chi connectivity index (χ1n) is 5.68. The third-order valence-electron chi connectivity index (χ3n) is 2.79. The molecule has 0 saturated carbocycles. The van der Waals surface area contributed by atoms with E-state index in [0.29, 0.717) is 18.3 Å². The average molecular weight is 231 g/mol. The SMILES string of the molecule is Cc1ccnc(N)c1Cc1ncnn1C(C)C. The van der Waals surface area contributed by atoms with Gasteiger partial charge >= 0.3 is 0 Å². The highest BCUT2D eigenvalue weighted by atomic mass is 15.3. The van der Waals surface area contributed by atoms with Gasteiger partial charge in [0.05, 0.1) is 0 Å². The van der Waals surface area contributed by atoms with Gasteiger partial charge < -0.3 is 5.73 Å². The first-order chi connectivity index (χ1) is 8.09. The number of rotatable bonds is 3. The molecule has 0 radical (unpaired) electrons. The summed E-state index contributed by atoms with van der Waals surface area (Å²) < 4.78 is 1.91. The molecule has 0 atom stereocenters. The standard InChI is InChI=1S/C12H17N5/c1-8(2)17-11(15-7-16-17)6-10-9(3)4-5-14-12(10)13/h4-5,7-8H,6H2,1-3H3,(H2,13,14). The van der Waals surface area contributed by atoms with Gasteiger partial charge in [-0.3, -0.25) is 0 Å². The second-order valence-corrected chi connectivity index (χ2v) is 4.38. The number of nitrogens with zero attached hydrogens (tertiary/aromatic N) is 4. The molecule has 2 aromatic heterocycles. The molecule has 0 aliphatic heterocycles. The Balaban J connectivity index is 2.35. The zero-order valence-electron chi connectivity index (χ0n) is 10.4. The normalized spacial score (nSPS) is 11.1. The summed E-state index contributed by atoms with van der Waals surface area (Å²) in [5.74, 6) is 1.49. The van der Waals surface area contributed by atoms with Crippen molar-refractivity contribution in [3.8, 4) is 0 Å². The molecule has 5 heteroatoms. The number of hydrogen-bond acceptors (Lipinski definition) is 4. The van der Waals surface area contributed by atoms with Gasteiger partial charge in [-0.05, 0) is 32.4 Å². The van der Waals surface area contributed by atoms with Crippen molar-refractivity contribution < 1.29 is 0 Å². The summed E-state index contributed by atoms with van der Waals surface area (Å²) in [5, 5.41) is 4.22. The van der Waals surface area contributed by atoms with Gasteiger partial charge in [0.1, 0.15) is 18.0 Å². The van der Waals surface area contributed by atoms with E-state index in [2.05, 4.69) is 28.9 Å². The molecule has 0 aromatic carbocycles. The molecule has 0 spiro atoms. The van der Waals surface area contributed by atoms with Gasteiger partial charge in [0, 0.05) is 24.2 Å². The zero-order valence-corrected chi connectivity index (χ0v) is 10.4. The van der Waals surface area contributed by atoms with Crippen molar-refractivity contribution in [3.05, 3.63) is 35.5 Å². The Morgan fingerprint density at radius 1 is 1.35 bits per heavy atom. The van der Waals surface area contributed by atoms with Gasteiger partial charge in [0.2, 0.25) is 0 Å². The number of pyridine rings is 1. The second kappa shape index (κ2) is 4.53. The molecule has 5 nitrogen and oxygen atoms in total. The van der Waals surface area contributed by atoms with Crippen molar-refractivity contribution in [2.45, 2.75) is 33.2 Å². The van der Waals surface area contributed by atoms with E-state index in [0.717, 1.165) is 17.0 Å². The quantitative estimate of drug-likeness (QED) is 0.873. The molecule has 0 unspecified atom stereocenters. The van der Waals surface area contributed by atoms with Crippen LogP contribution in [-0.2, 0) is 6.42 Å². The lowest BCUT2D eigenvalue weighted by atomic mass is 10.1. The maximum atomic E-state index is 5.90. The Morgan fingerprint density at radius 2 is 2.12 bits per heavy atom. The highest BCUT2D eigenvalue weighted by Crippen LogP contribution is 2.18. The van der Waals surface area contributed by atoms with E-state index < -0.39 is 0 Å². The number of nitrogens with two attached hydrogens (primary N) is 1. The molecule has 90 valence electrons. The summed E-state index contributed by atoms with van der Waals surface area (Å²) in [7, 11) is 0. The molecule has 2 heterocycles. The lowest BCUT2D eigenvalue weighted by Gasteiger charge is -2.11. The van der Waals surface area contributed by atoms with Crippen LogP contribution < -0.4 is 5.73 Å². The molecule has 2 aromatic rings. The van der Waals surface area contributed by atoms with Gasteiger partial charge in [-0.15, -0.1) is 0 Å². The second-order valence-electron chi connectivity index (χ2n) is 4.38. The van der Waals surface area contributed by atoms with Gasteiger partial charge in [-0.25, -0.2) is 14.6 Å². The molecule has 2 N–H and O–H groups in total. The number of aryl methyl sites for hydroxylation is 1. The molecular weight excluding hydrogens is 214 g/mol. The smallest absolute Gasteiger partial charge is 0.138 e. The Morgan fingerprint density at radius 3 is 2.76 bits per heavy atom. The van der Waals surface area contributed by atoms with E-state index in [1.165, 1.54) is 0 Å². The van der Waals surface area contributed by atoms with Crippen LogP contribution in [0.5, 0.6) is 0 Å². The monoisotopic (exact) mass is 231 g/mol. The third kappa shape index (κ3) is 2.27. The van der Waals surface area contributed by atoms with E-state index in [4.69, 9.17) is 5.73 Å². The zero-order chi connectivity index (χ0) is 12.4. The molecule has 17 heavy (non-hydrogen) atoms. The summed E-state index contributed by atoms with van der Waals surface area (Å²) in [5.41, 5.74) is 8.06. The lowest BCUT2D eigenvalue weighted by molar-refractivity contribution is 0.510. The maximum Gasteiger partial charge on any atom is 0.138 e. The Hall–Kier alpha value is -1.91. The molecule has 0 saturated heterocycles. The summed E-state index contributed by atoms with van der Waals surface area (Å²) in [6, 6.07) is 2.26. The van der Waals surface area contributed by atoms with Crippen LogP contribution in [0.4, 0.5) is 5.82 Å². The third-order valence-corrected chi connectivity index (χ3v) is 2.79. The van der Waals surface area contributed by atoms with E-state index in [1.807, 2.05) is 17.7 Å². The number of nitrogen functional groups attached to an aromatic ring is 1. The number of anilines is 1. The Kier molecular flexibility index (Phi) is 3.08. The molecular formula is C12H17N5. The van der Waals surface area contributed by atoms with E-state index >= 15 is 0 Å². The fourth-order valence-electron chi connectivity index (χ4n) is 1.83. The van der Waals surface area contributed by atoms with Crippen LogP contribution in [-0.4, -0.2) is 19.7 Å². The fraction of sp³-hybridized carbons (Fsp3) is 0.417. The lowest BCUT2D eigenvalue weighted by Crippen LogP contribution is -2.10. The molecule has 0 bridgehead atoms. The summed E-state index contributed by atoms with van der Waals surface area (Å²) >= 11 is 0. The van der Waals surface area contributed by atoms with Crippen LogP contribution in [0.3, 0.4) is 0 Å². The first-order valence-corrected chi connectivity index (χ1v) is 5.68. The molecule has 0 aliphatic rings. The van der Waals surface area contributed by atoms with Crippen LogP contribution in [0.25, 0.3) is 0 Å². The summed E-state index contributed by atoms with van der Waals surface area (Å²) in [4.78, 5) is 8.40. The van der Waals surface area contributed by atoms with Crippen LogP contribution in [0.1, 0.15) is 36.8 Å². The van der Waals surface area contributed by atoms with Crippen molar-refractivity contribution >= 4 is 5.82 Å². The van der Waals surface area contributed by atoms with E-state index in [1.54, 1.807) is 12.5 Å². The van der Waals surface area contributed by atoms with Crippen LogP contribution >= 0.6 is 0 Å². The highest BCUT2D eigenvalue weighted by molar-refractivity contribution is 5.45. The molecule has 0 aliphatic carbocycles. The summed E-state index contributed by atoms with van der Waals surface area (Å²) in [6.45, 7) is 6.19. The number of hydrogen-bond donors (Lipinski definition) is 1. The van der Waals surface area contributed by atoms with E-state index in [9.17, 15) is 0 Å². The van der Waals surface area contributed by atoms with Crippen molar-refractivity contribution in [1.29, 1.82) is 0 Å². The molecule has 0 fully saturated rings. The van der Waals surface area contributed by atoms with Crippen molar-refractivity contribution in [2.75, 3.05) is 5.73 Å². The van der Waals surface area contributed by atoms with Crippen molar-refractivity contribution in [1.82, 2.24) is 19.7 Å². The minimum absolute atomic E-state index is 0.297. The minimum Gasteiger partial charge on any atom is -0.383 e. The first kappa shape index (κ1) is 11.6. The largest absolute Gasteiger partial charge is 0.383 e. The van der Waals surface area contributed by atoms with Gasteiger partial charge in [-0.1, -0.05) is 0 Å². The number of aromatic nitrogens is 4. The Bertz CT molecular complexity index is 495. The molecule has 0 amide bonds. The maximum absolute atomic E-state index is 5.90. The van der Waals surface area contributed by atoms with Crippen LogP contribution in [0.2, 0.25) is 0 Å². The van der Waals surface area contributed by atoms with Gasteiger partial charge in [-0.2, -0.15) is 5.10 Å². The Labute approximate surface area is 101 Å². The van der Waals surface area contributed by atoms with Crippen LogP contribution in [0.15, 0.2) is 18.6 Å². The summed E-state index contributed by atoms with van der Waals surface area (Å²) in [6.07, 6.45) is 3.97. The molecule has 2 rings (SSSR count). The highest BCUT2D eigenvalue weighted by Gasteiger charge is 2.12. The predicted octanol–water partition coefficient (Wildman–Crippen LogP) is 1.74. The topological polar surface area (TPSA) is 69.6 Å². The fourth-order valence-corrected chi connectivity index (χ4v) is 1.83. The predicted molar refractivity (Wildman–Crippen MR) is 66.6 cm³/mol. The van der Waals surface area contributed by atoms with Crippen molar-refractivity contribution in [3.63, 3.8) is 0 Å². The average Bonchev–Trinajstić information content (AvgIpc) is 2.72. The van der Waals surface area contributed by atoms with Gasteiger partial charge in [0.15, 0.2) is 0 Å².